The molecular weight excluding hydrogens is 1480 g/mol. The van der Waals surface area contributed by atoms with Crippen LogP contribution in [0, 0.1) is 5.89 Å². The van der Waals surface area contributed by atoms with Crippen LogP contribution in [0.15, 0.2) is 50.0 Å². The summed E-state index contributed by atoms with van der Waals surface area (Å²) in [4.78, 5) is 217. The maximum atomic E-state index is 14.9. The van der Waals surface area contributed by atoms with Gasteiger partial charge in [0.1, 0.15) is 66.5 Å². The zero-order valence-corrected chi connectivity index (χ0v) is 63.3. The van der Waals surface area contributed by atoms with Gasteiger partial charge in [0.2, 0.25) is 70.9 Å². The number of carbonyl (C=O) groups excluding carboxylic acids is 12. The largest absolute Gasteiger partial charge is 0.480 e. The third-order valence-corrected chi connectivity index (χ3v) is 17.0. The minimum Gasteiger partial charge on any atom is -0.480 e. The second kappa shape index (κ2) is 49.1. The first-order chi connectivity index (χ1) is 54.1. The number of primary amides is 1. The summed E-state index contributed by atoms with van der Waals surface area (Å²) >= 11 is 0. The average Bonchev–Trinajstić information content (AvgIpc) is 1.77. The fourth-order valence-corrected chi connectivity index (χ4v) is 11.3. The SMILES string of the molecule is [3H]CC([3H])(C)C[C@H](NC(=O)[C@H](CCCN=C(N)N)NC(=O)[C@@H](NC(=O)[C@H](CCCN=C(N)N)NC(=O)[C@@H]1CCCN1C(=O)[C@@H](N)CCCN=C(N)N)[C@@H](C)O)C(=O)N[C@@H](Cc1cnc[nH]1)C(=O)N[C@H](C(=O)N[C@@H](Cc1cnc[nH]1)C(=O)N[C@@H](CCCN=C(N)N)C(=O)N[C@@H](CC(N)=O)C(=O)N[C@@H](CCCN=C(N)N)C(=O)O)[C@@H](C)O. The smallest absolute Gasteiger partial charge is 0.326 e. The molecule has 1 aliphatic rings. The standard InChI is InChI=1S/C65H114N32O16/c1-31(2)23-41(91-50(102)38(13-7-19-82-63(72)73)89-57(109)47(32(3)98)95-51(103)39(14-8-20-83-64(74)75)88-56(108)45-16-10-22-97(45)59(111)36(66)11-5-17-80-61(68)69)52(104)92-43(25-35-28-79-30-86-35)55(107)96-48(33(4)99)58(110)94-42(24-34-27-78-29-85-34)53(105)87-37(12-6-18-81-62(70)71)49(101)93-44(26-46(67)100)54(106)90-40(60(112)113)15-9-21-84-65(76)77/h27-33,36-45,47-48,98-99H,5-26,66H2,1-4H3,(H2,67,100)(H,78,85)(H,79,86)(H,87,105)(H,88,108)(H,89,109)(H,90,106)(H,91,102)(H,92,104)(H,93,101)(H,94,110)(H,95,103)(H,96,107)(H,112,113)(H4,68,69,80)(H4,70,71,81)(H4,72,73,82)(H4,74,75,83)(H4,76,77,84)/t32-,33-,36+,37+,38+,39+,40+,41+,42+,43+,44+,45+,47+,48+/m1/s1/i1T,31T/t31?,32-,33-,36+,37+,38+,39+,40+,41+,42+,43+,44+,45+,47+,48+. The number of carboxylic acids is 1. The number of guanidine groups is 5. The molecule has 113 heavy (non-hydrogen) atoms. The molecule has 3 heterocycles. The molecule has 1 fully saturated rings. The molecule has 48 heteroatoms. The molecule has 1 unspecified atom stereocenters. The third kappa shape index (κ3) is 36.0. The number of nitrogens with one attached hydrogen (secondary N) is 12. The van der Waals surface area contributed by atoms with E-state index >= 15 is 0 Å². The van der Waals surface area contributed by atoms with Crippen molar-refractivity contribution in [2.75, 3.05) is 39.3 Å². The van der Waals surface area contributed by atoms with E-state index in [0.717, 1.165) is 13.8 Å². The molecule has 2 aromatic heterocycles. The molecule has 15 atom stereocenters. The molecule has 12 amide bonds. The zero-order chi connectivity index (χ0) is 86.2. The summed E-state index contributed by atoms with van der Waals surface area (Å²) in [5.74, 6) is -17.7. The summed E-state index contributed by atoms with van der Waals surface area (Å²) in [5.41, 5.74) is 66.8. The van der Waals surface area contributed by atoms with Crippen LogP contribution in [0.1, 0.15) is 132 Å². The number of hydrogen-bond acceptors (Lipinski definition) is 23. The number of amides is 12. The van der Waals surface area contributed by atoms with Crippen molar-refractivity contribution >= 4 is 107 Å². The van der Waals surface area contributed by atoms with Crippen LogP contribution in [0.4, 0.5) is 0 Å². The van der Waals surface area contributed by atoms with Crippen molar-refractivity contribution in [2.45, 2.75) is 215 Å². The minimum atomic E-state index is -2.02. The van der Waals surface area contributed by atoms with E-state index in [1.807, 2.05) is 0 Å². The number of rotatable bonds is 52. The number of carbonyl (C=O) groups is 13. The van der Waals surface area contributed by atoms with E-state index in [-0.39, 0.29) is 145 Å². The highest BCUT2D eigenvalue weighted by molar-refractivity contribution is 6.00. The Morgan fingerprint density at radius 2 is 0.823 bits per heavy atom. The Morgan fingerprint density at radius 3 is 1.22 bits per heavy atom. The summed E-state index contributed by atoms with van der Waals surface area (Å²) in [6.07, 6.45) is -0.991. The van der Waals surface area contributed by atoms with Gasteiger partial charge in [-0.25, -0.2) is 14.8 Å². The van der Waals surface area contributed by atoms with E-state index in [1.54, 1.807) is 0 Å². The lowest BCUT2D eigenvalue weighted by molar-refractivity contribution is -0.142. The minimum absolute atomic E-state index is 0.0209. The highest BCUT2D eigenvalue weighted by atomic mass is 16.4. The number of aliphatic hydroxyl groups is 2. The van der Waals surface area contributed by atoms with Crippen LogP contribution in [-0.4, -0.2) is 271 Å². The highest BCUT2D eigenvalue weighted by Gasteiger charge is 2.41. The van der Waals surface area contributed by atoms with Crippen LogP contribution in [0.3, 0.4) is 0 Å². The normalized spacial score (nSPS) is 16.6. The molecule has 39 N–H and O–H groups in total. The summed E-state index contributed by atoms with van der Waals surface area (Å²) in [5, 5.41) is 56.7. The fraction of sp³-hybridized carbons (Fsp3) is 0.631. The van der Waals surface area contributed by atoms with Crippen molar-refractivity contribution in [1.82, 2.24) is 78.0 Å². The molecular formula is C65H114N32O16. The fourth-order valence-electron chi connectivity index (χ4n) is 11.3. The van der Waals surface area contributed by atoms with Crippen LogP contribution in [0.25, 0.3) is 0 Å². The number of aliphatic imine (C=N–C) groups is 5. The molecule has 0 aromatic carbocycles. The molecule has 2 aromatic rings. The number of H-pyrrole nitrogens is 2. The maximum Gasteiger partial charge on any atom is 0.326 e. The lowest BCUT2D eigenvalue weighted by Gasteiger charge is -2.30. The predicted molar refractivity (Wildman–Crippen MR) is 410 cm³/mol. The Morgan fingerprint density at radius 1 is 0.487 bits per heavy atom. The van der Waals surface area contributed by atoms with Crippen LogP contribution in [0.5, 0.6) is 0 Å². The molecule has 3 rings (SSSR count). The molecule has 0 radical (unpaired) electrons. The lowest BCUT2D eigenvalue weighted by Crippen LogP contribution is -2.63. The first-order valence-corrected chi connectivity index (χ1v) is 36.1. The van der Waals surface area contributed by atoms with Gasteiger partial charge in [-0.15, -0.1) is 0 Å². The van der Waals surface area contributed by atoms with Gasteiger partial charge in [-0.2, -0.15) is 0 Å². The van der Waals surface area contributed by atoms with Crippen molar-refractivity contribution in [1.29, 1.82) is 0 Å². The summed E-state index contributed by atoms with van der Waals surface area (Å²) < 4.78 is 17.1. The average molecular weight is 1600 g/mol. The van der Waals surface area contributed by atoms with Gasteiger partial charge in [0.25, 0.3) is 0 Å². The first-order valence-electron chi connectivity index (χ1n) is 37.3. The number of imidazole rings is 2. The summed E-state index contributed by atoms with van der Waals surface area (Å²) in [6.45, 7) is 2.80. The first kappa shape index (κ1) is 91.4. The third-order valence-electron chi connectivity index (χ3n) is 17.0. The number of nitrogens with zero attached hydrogens (tertiary/aromatic N) is 8. The Hall–Kier alpha value is -12.2. The Kier molecular flexibility index (Phi) is 39.7. The molecule has 0 saturated carbocycles. The van der Waals surface area contributed by atoms with Crippen molar-refractivity contribution in [3.63, 3.8) is 0 Å². The van der Waals surface area contributed by atoms with Gasteiger partial charge in [-0.05, 0) is 103 Å². The van der Waals surface area contributed by atoms with E-state index in [0.29, 0.717) is 12.8 Å². The van der Waals surface area contributed by atoms with Crippen LogP contribution in [-0.2, 0) is 75.2 Å². The number of aromatic amines is 2. The molecule has 0 bridgehead atoms. The van der Waals surface area contributed by atoms with E-state index in [2.05, 4.69) is 98.1 Å². The molecule has 0 aliphatic carbocycles. The van der Waals surface area contributed by atoms with Gasteiger partial charge in [0.15, 0.2) is 29.8 Å². The predicted octanol–water partition coefficient (Wildman–Crippen LogP) is -11.9. The summed E-state index contributed by atoms with van der Waals surface area (Å²) in [7, 11) is 0. The molecule has 630 valence electrons. The zero-order valence-electron chi connectivity index (χ0n) is 65.3. The highest BCUT2D eigenvalue weighted by Crippen LogP contribution is 2.21. The Balaban J connectivity index is 2.03. The molecule has 1 saturated heterocycles. The van der Waals surface area contributed by atoms with Gasteiger partial charge in [0, 0.05) is 78.6 Å². The lowest BCUT2D eigenvalue weighted by atomic mass is 10.0. The number of carboxylic acid groups (broad SMARTS) is 1. The van der Waals surface area contributed by atoms with E-state index < -0.39 is 200 Å². The van der Waals surface area contributed by atoms with Gasteiger partial charge >= 0.3 is 5.97 Å². The van der Waals surface area contributed by atoms with Crippen LogP contribution < -0.4 is 122 Å². The molecule has 48 nitrogen and oxygen atoms in total. The van der Waals surface area contributed by atoms with Gasteiger partial charge in [-0.3, -0.25) is 82.5 Å². The summed E-state index contributed by atoms with van der Waals surface area (Å²) in [6, 6.07) is -19.8. The van der Waals surface area contributed by atoms with E-state index in [4.69, 9.17) is 71.5 Å². The van der Waals surface area contributed by atoms with E-state index in [9.17, 15) is 77.6 Å². The van der Waals surface area contributed by atoms with Crippen LogP contribution in [0.2, 0.25) is 0 Å². The van der Waals surface area contributed by atoms with Crippen molar-refractivity contribution < 1.29 is 80.4 Å². The second-order valence-electron chi connectivity index (χ2n) is 26.7. The van der Waals surface area contributed by atoms with Gasteiger partial charge < -0.3 is 152 Å². The maximum absolute atomic E-state index is 14.9. The second-order valence-corrected chi connectivity index (χ2v) is 26.7. The quantitative estimate of drug-likeness (QED) is 0.0166. The number of hydrogen-bond donors (Lipinski definition) is 27. The van der Waals surface area contributed by atoms with Gasteiger partial charge in [0.05, 0.1) is 37.3 Å². The Labute approximate surface area is 653 Å². The number of aromatic nitrogens is 4. The Bertz CT molecular complexity index is 3700. The number of likely N-dealkylation sites (tertiary alicyclic amines) is 1. The molecule has 0 spiro atoms. The number of aliphatic carboxylic acids is 1. The van der Waals surface area contributed by atoms with Crippen molar-refractivity contribution in [2.24, 2.45) is 99.7 Å². The van der Waals surface area contributed by atoms with Crippen LogP contribution >= 0.6 is 0 Å². The monoisotopic (exact) mass is 1600 g/mol. The number of nitrogens with two attached hydrogens (primary N) is 12. The topological polar surface area (TPSA) is 838 Å². The van der Waals surface area contributed by atoms with E-state index in [1.165, 1.54) is 36.9 Å². The molecule has 1 aliphatic heterocycles. The van der Waals surface area contributed by atoms with Crippen molar-refractivity contribution in [3.05, 3.63) is 36.4 Å². The number of aliphatic hydroxyl groups excluding tert-OH is 2. The van der Waals surface area contributed by atoms with Crippen molar-refractivity contribution in [3.8, 4) is 0 Å². The van der Waals surface area contributed by atoms with Gasteiger partial charge in [-0.1, -0.05) is 13.8 Å².